The van der Waals surface area contributed by atoms with Gasteiger partial charge in [-0.15, -0.1) is 0 Å². The third-order valence-corrected chi connectivity index (χ3v) is 4.82. The number of nitrogens with zero attached hydrogens (tertiary/aromatic N) is 2. The number of halogens is 1. The van der Waals surface area contributed by atoms with Crippen LogP contribution in [-0.4, -0.2) is 53.4 Å². The molecule has 0 amide bonds. The van der Waals surface area contributed by atoms with Crippen LogP contribution in [0.5, 0.6) is 0 Å². The standard InChI is InChI=1S/C16H24BrN3O2/c17-15-9-12(11-20-5-7-22-8-6-20)10-16(19-15)18-13-1-3-14(21)4-2-13/h9-10,13-14,21H,1-8,11H2,(H,18,19). The number of aliphatic hydroxyl groups excluding tert-OH is 1. The molecule has 5 nitrogen and oxygen atoms in total. The third kappa shape index (κ3) is 4.65. The third-order valence-electron chi connectivity index (χ3n) is 4.41. The Hall–Kier alpha value is -0.690. The van der Waals surface area contributed by atoms with Gasteiger partial charge in [0.2, 0.25) is 0 Å². The fourth-order valence-electron chi connectivity index (χ4n) is 3.16. The maximum Gasteiger partial charge on any atom is 0.127 e. The Bertz CT molecular complexity index is 486. The van der Waals surface area contributed by atoms with E-state index in [0.29, 0.717) is 6.04 Å². The van der Waals surface area contributed by atoms with Crippen LogP contribution in [0.3, 0.4) is 0 Å². The summed E-state index contributed by atoms with van der Waals surface area (Å²) in [6.45, 7) is 4.55. The lowest BCUT2D eigenvalue weighted by atomic mass is 9.93. The lowest BCUT2D eigenvalue weighted by Gasteiger charge is -2.28. The van der Waals surface area contributed by atoms with Crippen LogP contribution in [0.15, 0.2) is 16.7 Å². The SMILES string of the molecule is OC1CCC(Nc2cc(CN3CCOCC3)cc(Br)n2)CC1. The van der Waals surface area contributed by atoms with Gasteiger partial charge in [-0.3, -0.25) is 4.90 Å². The molecule has 1 saturated heterocycles. The molecule has 1 aromatic rings. The highest BCUT2D eigenvalue weighted by Crippen LogP contribution is 2.23. The highest BCUT2D eigenvalue weighted by atomic mass is 79.9. The van der Waals surface area contributed by atoms with E-state index in [1.54, 1.807) is 0 Å². The number of rotatable bonds is 4. The molecule has 2 aliphatic rings. The van der Waals surface area contributed by atoms with Crippen LogP contribution in [0.2, 0.25) is 0 Å². The fraction of sp³-hybridized carbons (Fsp3) is 0.688. The van der Waals surface area contributed by atoms with Gasteiger partial charge in [0, 0.05) is 25.7 Å². The number of pyridine rings is 1. The predicted molar refractivity (Wildman–Crippen MR) is 89.9 cm³/mol. The van der Waals surface area contributed by atoms with Gasteiger partial charge in [-0.1, -0.05) is 0 Å². The lowest BCUT2D eigenvalue weighted by molar-refractivity contribution is 0.0342. The first kappa shape index (κ1) is 16.2. The first-order chi connectivity index (χ1) is 10.7. The molecule has 1 aliphatic carbocycles. The van der Waals surface area contributed by atoms with E-state index in [1.807, 2.05) is 0 Å². The largest absolute Gasteiger partial charge is 0.393 e. The first-order valence-corrected chi connectivity index (χ1v) is 8.89. The molecule has 22 heavy (non-hydrogen) atoms. The molecule has 2 N–H and O–H groups in total. The molecule has 3 rings (SSSR count). The molecule has 0 bridgehead atoms. The van der Waals surface area contributed by atoms with Crippen molar-refractivity contribution in [3.05, 3.63) is 22.3 Å². The molecule has 0 spiro atoms. The summed E-state index contributed by atoms with van der Waals surface area (Å²) in [4.78, 5) is 6.95. The Morgan fingerprint density at radius 1 is 1.23 bits per heavy atom. The van der Waals surface area contributed by atoms with E-state index in [0.717, 1.165) is 69.0 Å². The zero-order valence-corrected chi connectivity index (χ0v) is 14.4. The summed E-state index contributed by atoms with van der Waals surface area (Å²) in [6, 6.07) is 4.65. The van der Waals surface area contributed by atoms with Crippen LogP contribution < -0.4 is 5.32 Å². The van der Waals surface area contributed by atoms with Crippen molar-refractivity contribution in [1.29, 1.82) is 0 Å². The summed E-state index contributed by atoms with van der Waals surface area (Å²) in [7, 11) is 0. The van der Waals surface area contributed by atoms with E-state index < -0.39 is 0 Å². The highest BCUT2D eigenvalue weighted by Gasteiger charge is 2.20. The van der Waals surface area contributed by atoms with Gasteiger partial charge in [0.15, 0.2) is 0 Å². The molecule has 122 valence electrons. The summed E-state index contributed by atoms with van der Waals surface area (Å²) >= 11 is 3.52. The minimum Gasteiger partial charge on any atom is -0.393 e. The van der Waals surface area contributed by atoms with Crippen molar-refractivity contribution in [1.82, 2.24) is 9.88 Å². The summed E-state index contributed by atoms with van der Waals surface area (Å²) in [6.07, 6.45) is 3.66. The van der Waals surface area contributed by atoms with Gasteiger partial charge < -0.3 is 15.2 Å². The molecule has 1 aliphatic heterocycles. The summed E-state index contributed by atoms with van der Waals surface area (Å²) in [5, 5.41) is 13.1. The molecule has 0 radical (unpaired) electrons. The molecule has 6 heteroatoms. The Balaban J connectivity index is 1.61. The van der Waals surface area contributed by atoms with Crippen LogP contribution in [-0.2, 0) is 11.3 Å². The second-order valence-corrected chi connectivity index (χ2v) is 7.03. The van der Waals surface area contributed by atoms with Crippen LogP contribution >= 0.6 is 15.9 Å². The van der Waals surface area contributed by atoms with Crippen molar-refractivity contribution in [3.8, 4) is 0 Å². The molecule has 1 saturated carbocycles. The van der Waals surface area contributed by atoms with E-state index in [2.05, 4.69) is 43.3 Å². The monoisotopic (exact) mass is 369 g/mol. The van der Waals surface area contributed by atoms with Gasteiger partial charge in [0.05, 0.1) is 19.3 Å². The Morgan fingerprint density at radius 2 is 1.95 bits per heavy atom. The van der Waals surface area contributed by atoms with Gasteiger partial charge in [-0.05, 0) is 59.3 Å². The average molecular weight is 370 g/mol. The second kappa shape index (κ2) is 7.73. The highest BCUT2D eigenvalue weighted by molar-refractivity contribution is 9.10. The Morgan fingerprint density at radius 3 is 2.68 bits per heavy atom. The van der Waals surface area contributed by atoms with Gasteiger partial charge >= 0.3 is 0 Å². The number of hydrogen-bond acceptors (Lipinski definition) is 5. The fourth-order valence-corrected chi connectivity index (χ4v) is 3.65. The molecule has 2 heterocycles. The van der Waals surface area contributed by atoms with E-state index in [-0.39, 0.29) is 6.10 Å². The van der Waals surface area contributed by atoms with Crippen molar-refractivity contribution in [2.75, 3.05) is 31.6 Å². The average Bonchev–Trinajstić information content (AvgIpc) is 2.50. The van der Waals surface area contributed by atoms with Gasteiger partial charge in [-0.25, -0.2) is 4.98 Å². The van der Waals surface area contributed by atoms with Crippen molar-refractivity contribution in [2.45, 2.75) is 44.4 Å². The van der Waals surface area contributed by atoms with Crippen molar-refractivity contribution in [3.63, 3.8) is 0 Å². The number of hydrogen-bond donors (Lipinski definition) is 2. The number of morpholine rings is 1. The molecule has 0 atom stereocenters. The number of ether oxygens (including phenoxy) is 1. The van der Waals surface area contributed by atoms with Gasteiger partial charge in [0.25, 0.3) is 0 Å². The smallest absolute Gasteiger partial charge is 0.127 e. The minimum absolute atomic E-state index is 0.120. The topological polar surface area (TPSA) is 57.6 Å². The number of nitrogens with one attached hydrogen (secondary N) is 1. The zero-order chi connectivity index (χ0) is 15.4. The van der Waals surface area contributed by atoms with E-state index in [9.17, 15) is 5.11 Å². The van der Waals surface area contributed by atoms with Crippen molar-refractivity contribution < 1.29 is 9.84 Å². The second-order valence-electron chi connectivity index (χ2n) is 6.22. The van der Waals surface area contributed by atoms with E-state index in [1.165, 1.54) is 5.56 Å². The summed E-state index contributed by atoms with van der Waals surface area (Å²) < 4.78 is 6.27. The van der Waals surface area contributed by atoms with E-state index in [4.69, 9.17) is 4.74 Å². The molecule has 0 unspecified atom stereocenters. The van der Waals surface area contributed by atoms with Crippen LogP contribution in [0, 0.1) is 0 Å². The van der Waals surface area contributed by atoms with Crippen LogP contribution in [0.25, 0.3) is 0 Å². The molecule has 0 aromatic carbocycles. The quantitative estimate of drug-likeness (QED) is 0.798. The van der Waals surface area contributed by atoms with Gasteiger partial charge in [0.1, 0.15) is 10.4 Å². The molecular weight excluding hydrogens is 346 g/mol. The molecular formula is C16H24BrN3O2. The summed E-state index contributed by atoms with van der Waals surface area (Å²) in [5.41, 5.74) is 1.27. The number of aliphatic hydroxyl groups is 1. The maximum absolute atomic E-state index is 9.60. The van der Waals surface area contributed by atoms with Crippen molar-refractivity contribution >= 4 is 21.7 Å². The Labute approximate surface area is 140 Å². The number of aromatic nitrogens is 1. The zero-order valence-electron chi connectivity index (χ0n) is 12.8. The maximum atomic E-state index is 9.60. The minimum atomic E-state index is -0.120. The summed E-state index contributed by atoms with van der Waals surface area (Å²) in [5.74, 6) is 0.930. The number of anilines is 1. The van der Waals surface area contributed by atoms with Crippen LogP contribution in [0.1, 0.15) is 31.2 Å². The Kier molecular flexibility index (Phi) is 5.68. The van der Waals surface area contributed by atoms with Crippen molar-refractivity contribution in [2.24, 2.45) is 0 Å². The van der Waals surface area contributed by atoms with E-state index >= 15 is 0 Å². The lowest BCUT2D eigenvalue weighted by Crippen LogP contribution is -2.35. The van der Waals surface area contributed by atoms with Crippen LogP contribution in [0.4, 0.5) is 5.82 Å². The van der Waals surface area contributed by atoms with Gasteiger partial charge in [-0.2, -0.15) is 0 Å². The predicted octanol–water partition coefficient (Wildman–Crippen LogP) is 2.39. The molecule has 2 fully saturated rings. The first-order valence-electron chi connectivity index (χ1n) is 8.10. The molecule has 1 aromatic heterocycles. The normalized spacial score (nSPS) is 26.8.